The Kier molecular flexibility index (Phi) is 4.96. The van der Waals surface area contributed by atoms with E-state index in [1.54, 1.807) is 42.6 Å². The highest BCUT2D eigenvalue weighted by Crippen LogP contribution is 2.41. The average Bonchev–Trinajstić information content (AvgIpc) is 3.28. The number of nitrogens with one attached hydrogen (secondary N) is 1. The Morgan fingerprint density at radius 3 is 2.59 bits per heavy atom. The molecule has 29 heavy (non-hydrogen) atoms. The molecule has 152 valence electrons. The van der Waals surface area contributed by atoms with Crippen LogP contribution in [0.5, 0.6) is 0 Å². The highest BCUT2D eigenvalue weighted by Gasteiger charge is 2.33. The zero-order valence-electron chi connectivity index (χ0n) is 16.7. The lowest BCUT2D eigenvalue weighted by atomic mass is 10.1. The summed E-state index contributed by atoms with van der Waals surface area (Å²) in [5.41, 5.74) is 3.31. The second-order valence-corrected chi connectivity index (χ2v) is 9.28. The van der Waals surface area contributed by atoms with Crippen LogP contribution in [0.3, 0.4) is 0 Å². The molecule has 7 heteroatoms. The Labute approximate surface area is 170 Å². The Balaban J connectivity index is 1.97. The molecule has 1 N–H and O–H groups in total. The van der Waals surface area contributed by atoms with Gasteiger partial charge < -0.3 is 10.2 Å². The minimum absolute atomic E-state index is 0.0556. The number of aromatic nitrogens is 1. The first-order valence-electron chi connectivity index (χ1n) is 9.54. The van der Waals surface area contributed by atoms with Crippen LogP contribution in [-0.4, -0.2) is 33.5 Å². The highest BCUT2D eigenvalue weighted by molar-refractivity contribution is 7.90. The number of nitrogens with zero attached hydrogens (tertiary/aromatic N) is 2. The lowest BCUT2D eigenvalue weighted by Gasteiger charge is -2.16. The third-order valence-electron chi connectivity index (χ3n) is 5.54. The number of anilines is 1. The normalized spacial score (nSPS) is 16.1. The zero-order chi connectivity index (χ0) is 20.8. The van der Waals surface area contributed by atoms with Crippen molar-refractivity contribution in [3.05, 3.63) is 71.7 Å². The van der Waals surface area contributed by atoms with Gasteiger partial charge in [-0.1, -0.05) is 18.2 Å². The quantitative estimate of drug-likeness (QED) is 0.691. The fourth-order valence-corrected chi connectivity index (χ4v) is 5.45. The van der Waals surface area contributed by atoms with Gasteiger partial charge in [0.15, 0.2) is 0 Å². The molecular formula is C22H24FN3O2S. The Morgan fingerprint density at radius 1 is 1.14 bits per heavy atom. The zero-order valence-corrected chi connectivity index (χ0v) is 17.5. The Morgan fingerprint density at radius 2 is 1.90 bits per heavy atom. The van der Waals surface area contributed by atoms with Crippen molar-refractivity contribution in [2.45, 2.75) is 23.8 Å². The molecule has 4 rings (SSSR count). The molecule has 1 aliphatic carbocycles. The summed E-state index contributed by atoms with van der Waals surface area (Å²) in [5, 5.41) is 3.23. The molecule has 0 aliphatic heterocycles. The van der Waals surface area contributed by atoms with E-state index in [-0.39, 0.29) is 10.9 Å². The molecule has 1 aliphatic rings. The van der Waals surface area contributed by atoms with E-state index >= 15 is 0 Å². The maximum absolute atomic E-state index is 14.7. The van der Waals surface area contributed by atoms with Crippen LogP contribution in [0.4, 0.5) is 10.1 Å². The van der Waals surface area contributed by atoms with Crippen molar-refractivity contribution in [2.75, 3.05) is 26.0 Å². The Bertz CT molecular complexity index is 1170. The Hall–Kier alpha value is -2.64. The molecule has 2 aromatic carbocycles. The molecule has 0 bridgehead atoms. The second kappa shape index (κ2) is 7.31. The fourth-order valence-electron chi connectivity index (χ4n) is 4.01. The number of fused-ring (bicyclic) bond motifs is 1. The van der Waals surface area contributed by atoms with Gasteiger partial charge >= 0.3 is 0 Å². The van der Waals surface area contributed by atoms with E-state index in [1.807, 2.05) is 32.1 Å². The van der Waals surface area contributed by atoms with E-state index < -0.39 is 15.8 Å². The van der Waals surface area contributed by atoms with Crippen molar-refractivity contribution in [1.82, 2.24) is 9.29 Å². The predicted molar refractivity (Wildman–Crippen MR) is 113 cm³/mol. The van der Waals surface area contributed by atoms with Crippen LogP contribution >= 0.6 is 0 Å². The van der Waals surface area contributed by atoms with Gasteiger partial charge in [-0.05, 0) is 61.3 Å². The van der Waals surface area contributed by atoms with E-state index in [4.69, 9.17) is 0 Å². The number of halogens is 1. The van der Waals surface area contributed by atoms with Gasteiger partial charge in [-0.25, -0.2) is 16.8 Å². The lowest BCUT2D eigenvalue weighted by molar-refractivity contribution is 0.578. The van der Waals surface area contributed by atoms with Crippen molar-refractivity contribution >= 4 is 15.7 Å². The van der Waals surface area contributed by atoms with Gasteiger partial charge in [0.05, 0.1) is 10.6 Å². The molecule has 0 amide bonds. The van der Waals surface area contributed by atoms with Gasteiger partial charge in [0.1, 0.15) is 5.82 Å². The van der Waals surface area contributed by atoms with E-state index in [1.165, 1.54) is 10.0 Å². The molecule has 1 atom stereocenters. The molecule has 0 saturated carbocycles. The van der Waals surface area contributed by atoms with Gasteiger partial charge in [-0.15, -0.1) is 0 Å². The maximum atomic E-state index is 14.7. The van der Waals surface area contributed by atoms with Crippen LogP contribution in [-0.2, 0) is 16.4 Å². The van der Waals surface area contributed by atoms with Crippen molar-refractivity contribution in [2.24, 2.45) is 0 Å². The van der Waals surface area contributed by atoms with Crippen molar-refractivity contribution in [3.63, 3.8) is 0 Å². The SMILES string of the molecule is CNC1CCc2c1cn(S(=O)(=O)c1cccc(N(C)C)c1)c2-c1ccccc1F. The van der Waals surface area contributed by atoms with Crippen LogP contribution in [0.25, 0.3) is 11.3 Å². The van der Waals surface area contributed by atoms with Gasteiger partial charge in [-0.2, -0.15) is 0 Å². The first-order valence-corrected chi connectivity index (χ1v) is 11.0. The van der Waals surface area contributed by atoms with Gasteiger partial charge in [0.2, 0.25) is 0 Å². The minimum atomic E-state index is -3.90. The largest absolute Gasteiger partial charge is 0.378 e. The first kappa shape index (κ1) is 19.7. The van der Waals surface area contributed by atoms with E-state index in [0.29, 0.717) is 17.7 Å². The number of rotatable bonds is 5. The third-order valence-corrected chi connectivity index (χ3v) is 7.19. The highest BCUT2D eigenvalue weighted by atomic mass is 32.2. The van der Waals surface area contributed by atoms with E-state index in [0.717, 1.165) is 23.2 Å². The van der Waals surface area contributed by atoms with Gasteiger partial charge in [0, 0.05) is 37.6 Å². The number of benzene rings is 2. The molecule has 0 radical (unpaired) electrons. The summed E-state index contributed by atoms with van der Waals surface area (Å²) < 4.78 is 43.2. The standard InChI is InChI=1S/C22H24FN3O2S/c1-24-21-12-11-17-19(21)14-26(22(17)18-9-4-5-10-20(18)23)29(27,28)16-8-6-7-15(13-16)25(2)3/h4-10,13-14,21,24H,11-12H2,1-3H3. The molecule has 0 spiro atoms. The molecule has 0 saturated heterocycles. The summed E-state index contributed by atoms with van der Waals surface area (Å²) in [7, 11) is 1.67. The minimum Gasteiger partial charge on any atom is -0.378 e. The lowest BCUT2D eigenvalue weighted by Crippen LogP contribution is -2.17. The molecule has 1 aromatic heterocycles. The van der Waals surface area contributed by atoms with Gasteiger partial charge in [0.25, 0.3) is 10.0 Å². The summed E-state index contributed by atoms with van der Waals surface area (Å²) in [6.07, 6.45) is 3.22. The maximum Gasteiger partial charge on any atom is 0.268 e. The van der Waals surface area contributed by atoms with Crippen molar-refractivity contribution in [3.8, 4) is 11.3 Å². The fraction of sp³-hybridized carbons (Fsp3) is 0.273. The molecule has 1 heterocycles. The molecule has 5 nitrogen and oxygen atoms in total. The third kappa shape index (κ3) is 3.24. The number of hydrogen-bond donors (Lipinski definition) is 1. The van der Waals surface area contributed by atoms with Crippen LogP contribution in [0.1, 0.15) is 23.6 Å². The molecular weight excluding hydrogens is 389 g/mol. The molecule has 1 unspecified atom stereocenters. The average molecular weight is 414 g/mol. The summed E-state index contributed by atoms with van der Waals surface area (Å²) >= 11 is 0. The van der Waals surface area contributed by atoms with Crippen LogP contribution in [0.2, 0.25) is 0 Å². The predicted octanol–water partition coefficient (Wildman–Crippen LogP) is 3.80. The van der Waals surface area contributed by atoms with Crippen molar-refractivity contribution < 1.29 is 12.8 Å². The first-order chi connectivity index (χ1) is 13.8. The number of hydrogen-bond acceptors (Lipinski definition) is 4. The van der Waals surface area contributed by atoms with Crippen LogP contribution in [0.15, 0.2) is 59.6 Å². The second-order valence-electron chi connectivity index (χ2n) is 7.46. The van der Waals surface area contributed by atoms with Crippen LogP contribution < -0.4 is 10.2 Å². The van der Waals surface area contributed by atoms with E-state index in [9.17, 15) is 12.8 Å². The monoisotopic (exact) mass is 413 g/mol. The summed E-state index contributed by atoms with van der Waals surface area (Å²) in [4.78, 5) is 2.03. The van der Waals surface area contributed by atoms with Gasteiger partial charge in [-0.3, -0.25) is 0 Å². The molecule has 0 fully saturated rings. The van der Waals surface area contributed by atoms with Crippen LogP contribution in [0, 0.1) is 5.82 Å². The smallest absolute Gasteiger partial charge is 0.268 e. The summed E-state index contributed by atoms with van der Waals surface area (Å²) in [5.74, 6) is -0.431. The summed E-state index contributed by atoms with van der Waals surface area (Å²) in [6.45, 7) is 0. The molecule has 3 aromatic rings. The van der Waals surface area contributed by atoms with E-state index in [2.05, 4.69) is 5.32 Å². The summed E-state index contributed by atoms with van der Waals surface area (Å²) in [6, 6.07) is 13.2. The topological polar surface area (TPSA) is 54.3 Å². The van der Waals surface area contributed by atoms with Crippen molar-refractivity contribution in [1.29, 1.82) is 0 Å².